The van der Waals surface area contributed by atoms with Crippen LogP contribution in [0.4, 0.5) is 4.39 Å². The Hall–Kier alpha value is -1.13. The van der Waals surface area contributed by atoms with E-state index in [0.29, 0.717) is 10.0 Å². The number of furan rings is 1. The van der Waals surface area contributed by atoms with Gasteiger partial charge in [0.2, 0.25) is 0 Å². The van der Waals surface area contributed by atoms with Crippen LogP contribution in [-0.2, 0) is 0 Å². The van der Waals surface area contributed by atoms with Crippen LogP contribution in [-0.4, -0.2) is 0 Å². The second-order valence-corrected chi connectivity index (χ2v) is 4.15. The van der Waals surface area contributed by atoms with Gasteiger partial charge >= 0.3 is 0 Å². The molecule has 0 fully saturated rings. The standard InChI is InChI=1S/C11H9BrFNO/c12-9-3-8(4-10(13)5-9)11(14)7-1-2-15-6-7/h1-6,11H,14H2. The summed E-state index contributed by atoms with van der Waals surface area (Å²) in [5.74, 6) is -0.307. The van der Waals surface area contributed by atoms with Gasteiger partial charge in [0, 0.05) is 10.0 Å². The van der Waals surface area contributed by atoms with Crippen LogP contribution in [0, 0.1) is 5.82 Å². The van der Waals surface area contributed by atoms with Gasteiger partial charge in [0.05, 0.1) is 18.6 Å². The third-order valence-electron chi connectivity index (χ3n) is 2.15. The average Bonchev–Trinajstić information content (AvgIpc) is 2.67. The Morgan fingerprint density at radius 3 is 2.67 bits per heavy atom. The number of hydrogen-bond acceptors (Lipinski definition) is 2. The number of halogens is 2. The molecule has 1 aromatic carbocycles. The Balaban J connectivity index is 2.37. The van der Waals surface area contributed by atoms with E-state index in [-0.39, 0.29) is 11.9 Å². The molecule has 2 nitrogen and oxygen atoms in total. The zero-order valence-corrected chi connectivity index (χ0v) is 9.37. The molecule has 1 atom stereocenters. The summed E-state index contributed by atoms with van der Waals surface area (Å²) in [4.78, 5) is 0. The number of nitrogens with two attached hydrogens (primary N) is 1. The molecule has 2 rings (SSSR count). The first kappa shape index (κ1) is 10.4. The van der Waals surface area contributed by atoms with E-state index in [4.69, 9.17) is 10.2 Å². The van der Waals surface area contributed by atoms with Gasteiger partial charge in [0.15, 0.2) is 0 Å². The first-order chi connectivity index (χ1) is 7.16. The third kappa shape index (κ3) is 2.27. The zero-order chi connectivity index (χ0) is 10.8. The topological polar surface area (TPSA) is 39.2 Å². The van der Waals surface area contributed by atoms with Gasteiger partial charge in [-0.05, 0) is 29.8 Å². The van der Waals surface area contributed by atoms with E-state index in [1.165, 1.54) is 12.1 Å². The fourth-order valence-corrected chi connectivity index (χ4v) is 1.88. The lowest BCUT2D eigenvalue weighted by Gasteiger charge is -2.10. The van der Waals surface area contributed by atoms with Gasteiger partial charge in [-0.15, -0.1) is 0 Å². The lowest BCUT2D eigenvalue weighted by molar-refractivity contribution is 0.561. The summed E-state index contributed by atoms with van der Waals surface area (Å²) in [5.41, 5.74) is 7.49. The van der Waals surface area contributed by atoms with Crippen molar-refractivity contribution in [3.05, 3.63) is 58.2 Å². The smallest absolute Gasteiger partial charge is 0.124 e. The fraction of sp³-hybridized carbons (Fsp3) is 0.0909. The van der Waals surface area contributed by atoms with Crippen molar-refractivity contribution in [3.63, 3.8) is 0 Å². The Morgan fingerprint density at radius 2 is 2.07 bits per heavy atom. The van der Waals surface area contributed by atoms with Crippen molar-refractivity contribution in [1.82, 2.24) is 0 Å². The molecule has 0 amide bonds. The highest BCUT2D eigenvalue weighted by atomic mass is 79.9. The Morgan fingerprint density at radius 1 is 1.27 bits per heavy atom. The first-order valence-electron chi connectivity index (χ1n) is 4.40. The summed E-state index contributed by atoms with van der Waals surface area (Å²) in [6.45, 7) is 0. The number of hydrogen-bond donors (Lipinski definition) is 1. The van der Waals surface area contributed by atoms with E-state index in [1.807, 2.05) is 0 Å². The van der Waals surface area contributed by atoms with Crippen molar-refractivity contribution in [2.75, 3.05) is 0 Å². The highest BCUT2D eigenvalue weighted by Gasteiger charge is 2.11. The molecule has 1 heterocycles. The molecule has 0 bridgehead atoms. The summed E-state index contributed by atoms with van der Waals surface area (Å²) in [6, 6.07) is 6.01. The Kier molecular flexibility index (Phi) is 2.88. The average molecular weight is 270 g/mol. The molecular weight excluding hydrogens is 261 g/mol. The molecule has 0 saturated carbocycles. The predicted molar refractivity (Wildman–Crippen MR) is 58.8 cm³/mol. The summed E-state index contributed by atoms with van der Waals surface area (Å²) in [6.07, 6.45) is 3.10. The van der Waals surface area contributed by atoms with Crippen molar-refractivity contribution in [1.29, 1.82) is 0 Å². The van der Waals surface area contributed by atoms with Crippen LogP contribution in [0.1, 0.15) is 17.2 Å². The molecule has 0 radical (unpaired) electrons. The maximum absolute atomic E-state index is 13.1. The molecule has 1 aromatic heterocycles. The van der Waals surface area contributed by atoms with Crippen molar-refractivity contribution in [3.8, 4) is 0 Å². The van der Waals surface area contributed by atoms with Crippen LogP contribution in [0.5, 0.6) is 0 Å². The molecule has 0 spiro atoms. The predicted octanol–water partition coefficient (Wildman–Crippen LogP) is 3.23. The quantitative estimate of drug-likeness (QED) is 0.909. The van der Waals surface area contributed by atoms with Gasteiger partial charge in [0.25, 0.3) is 0 Å². The van der Waals surface area contributed by atoms with Gasteiger partial charge in [0.1, 0.15) is 5.82 Å². The molecular formula is C11H9BrFNO. The lowest BCUT2D eigenvalue weighted by Crippen LogP contribution is -2.11. The van der Waals surface area contributed by atoms with Crippen molar-refractivity contribution in [2.24, 2.45) is 5.73 Å². The number of benzene rings is 1. The van der Waals surface area contributed by atoms with E-state index in [9.17, 15) is 4.39 Å². The van der Waals surface area contributed by atoms with E-state index in [2.05, 4.69) is 15.9 Å². The molecule has 2 aromatic rings. The molecule has 78 valence electrons. The van der Waals surface area contributed by atoms with Crippen LogP contribution in [0.25, 0.3) is 0 Å². The number of rotatable bonds is 2. The van der Waals surface area contributed by atoms with Crippen LogP contribution >= 0.6 is 15.9 Å². The zero-order valence-electron chi connectivity index (χ0n) is 7.78. The highest BCUT2D eigenvalue weighted by Crippen LogP contribution is 2.24. The molecule has 4 heteroatoms. The van der Waals surface area contributed by atoms with Crippen LogP contribution in [0.2, 0.25) is 0 Å². The van der Waals surface area contributed by atoms with E-state index < -0.39 is 0 Å². The van der Waals surface area contributed by atoms with Crippen LogP contribution < -0.4 is 5.73 Å². The maximum Gasteiger partial charge on any atom is 0.124 e. The van der Waals surface area contributed by atoms with Crippen LogP contribution in [0.15, 0.2) is 45.7 Å². The Labute approximate surface area is 95.0 Å². The second-order valence-electron chi connectivity index (χ2n) is 3.24. The highest BCUT2D eigenvalue weighted by molar-refractivity contribution is 9.10. The minimum absolute atomic E-state index is 0.307. The van der Waals surface area contributed by atoms with E-state index in [1.54, 1.807) is 24.7 Å². The van der Waals surface area contributed by atoms with Crippen molar-refractivity contribution >= 4 is 15.9 Å². The molecule has 0 aliphatic heterocycles. The van der Waals surface area contributed by atoms with Crippen molar-refractivity contribution < 1.29 is 8.81 Å². The minimum atomic E-state index is -0.365. The van der Waals surface area contributed by atoms with E-state index in [0.717, 1.165) is 5.56 Å². The SMILES string of the molecule is NC(c1ccoc1)c1cc(F)cc(Br)c1. The first-order valence-corrected chi connectivity index (χ1v) is 5.20. The van der Waals surface area contributed by atoms with Crippen LogP contribution in [0.3, 0.4) is 0 Å². The lowest BCUT2D eigenvalue weighted by atomic mass is 10.0. The molecule has 1 unspecified atom stereocenters. The van der Waals surface area contributed by atoms with Gasteiger partial charge < -0.3 is 10.2 Å². The molecule has 0 saturated heterocycles. The van der Waals surface area contributed by atoms with Gasteiger partial charge in [-0.3, -0.25) is 0 Å². The summed E-state index contributed by atoms with van der Waals surface area (Å²) in [7, 11) is 0. The third-order valence-corrected chi connectivity index (χ3v) is 2.60. The Bertz CT molecular complexity index is 435. The maximum atomic E-state index is 13.1. The largest absolute Gasteiger partial charge is 0.472 e. The summed E-state index contributed by atoms with van der Waals surface area (Å²) >= 11 is 3.23. The molecule has 0 aliphatic carbocycles. The second kappa shape index (κ2) is 4.16. The van der Waals surface area contributed by atoms with Gasteiger partial charge in [-0.2, -0.15) is 0 Å². The molecule has 2 N–H and O–H groups in total. The molecule has 15 heavy (non-hydrogen) atoms. The fourth-order valence-electron chi connectivity index (χ4n) is 1.40. The van der Waals surface area contributed by atoms with Crippen molar-refractivity contribution in [2.45, 2.75) is 6.04 Å². The normalized spacial score (nSPS) is 12.7. The van der Waals surface area contributed by atoms with Gasteiger partial charge in [-0.25, -0.2) is 4.39 Å². The van der Waals surface area contributed by atoms with E-state index >= 15 is 0 Å². The monoisotopic (exact) mass is 269 g/mol. The minimum Gasteiger partial charge on any atom is -0.472 e. The summed E-state index contributed by atoms with van der Waals surface area (Å²) < 4.78 is 18.7. The summed E-state index contributed by atoms with van der Waals surface area (Å²) in [5, 5.41) is 0. The van der Waals surface area contributed by atoms with Gasteiger partial charge in [-0.1, -0.05) is 15.9 Å². The molecule has 0 aliphatic rings.